The average molecular weight is 329 g/mol. The van der Waals surface area contributed by atoms with Crippen LogP contribution >= 0.6 is 38.9 Å². The molecule has 0 saturated carbocycles. The van der Waals surface area contributed by atoms with Crippen molar-refractivity contribution in [2.24, 2.45) is 5.73 Å². The number of hydrogen-bond acceptors (Lipinski definition) is 2. The summed E-state index contributed by atoms with van der Waals surface area (Å²) < 4.78 is 1.73. The molecule has 2 aromatic rings. The summed E-state index contributed by atoms with van der Waals surface area (Å²) in [5.41, 5.74) is 9.14. The third-order valence-corrected chi connectivity index (χ3v) is 5.90. The van der Waals surface area contributed by atoms with Crippen LogP contribution < -0.4 is 5.73 Å². The normalized spacial score (nSPS) is 19.6. The first-order valence-electron chi connectivity index (χ1n) is 5.45. The Bertz CT molecular complexity index is 547. The van der Waals surface area contributed by atoms with Crippen LogP contribution in [0.2, 0.25) is 4.34 Å². The van der Waals surface area contributed by atoms with Gasteiger partial charge in [-0.2, -0.15) is 0 Å². The van der Waals surface area contributed by atoms with Crippen molar-refractivity contribution >= 4 is 38.9 Å². The summed E-state index contributed by atoms with van der Waals surface area (Å²) in [6, 6.07) is 10.6. The van der Waals surface area contributed by atoms with Crippen LogP contribution in [0.3, 0.4) is 0 Å². The van der Waals surface area contributed by atoms with Crippen molar-refractivity contribution in [1.29, 1.82) is 0 Å². The minimum absolute atomic E-state index is 0.0544. The van der Waals surface area contributed by atoms with Crippen molar-refractivity contribution in [2.45, 2.75) is 18.4 Å². The van der Waals surface area contributed by atoms with E-state index in [0.29, 0.717) is 5.92 Å². The monoisotopic (exact) mass is 327 g/mol. The summed E-state index contributed by atoms with van der Waals surface area (Å²) >= 11 is 11.1. The molecular weight excluding hydrogens is 318 g/mol. The molecule has 1 heterocycles. The van der Waals surface area contributed by atoms with Crippen molar-refractivity contribution in [1.82, 2.24) is 0 Å². The zero-order valence-corrected chi connectivity index (χ0v) is 12.1. The summed E-state index contributed by atoms with van der Waals surface area (Å²) in [4.78, 5) is 1.15. The summed E-state index contributed by atoms with van der Waals surface area (Å²) in [5.74, 6) is 0.438. The van der Waals surface area contributed by atoms with Gasteiger partial charge in [-0.05, 0) is 39.5 Å². The maximum absolute atomic E-state index is 6.33. The van der Waals surface area contributed by atoms with Crippen molar-refractivity contribution < 1.29 is 0 Å². The van der Waals surface area contributed by atoms with E-state index in [0.717, 1.165) is 20.1 Å². The van der Waals surface area contributed by atoms with Crippen molar-refractivity contribution in [2.75, 3.05) is 0 Å². The maximum atomic E-state index is 6.33. The van der Waals surface area contributed by atoms with Crippen LogP contribution in [0, 0.1) is 0 Å². The second kappa shape index (κ2) is 4.39. The molecule has 0 aliphatic heterocycles. The summed E-state index contributed by atoms with van der Waals surface area (Å²) in [6.45, 7) is 0. The van der Waals surface area contributed by atoms with E-state index in [1.807, 2.05) is 6.07 Å². The predicted octanol–water partition coefficient (Wildman–Crippen LogP) is 4.50. The number of fused-ring (bicyclic) bond motifs is 1. The molecule has 2 atom stereocenters. The Balaban J connectivity index is 1.88. The van der Waals surface area contributed by atoms with Crippen LogP contribution in [0.25, 0.3) is 0 Å². The smallest absolute Gasteiger partial charge is 0.107 e. The van der Waals surface area contributed by atoms with Gasteiger partial charge in [-0.25, -0.2) is 0 Å². The number of nitrogens with two attached hydrogens (primary N) is 1. The highest BCUT2D eigenvalue weighted by molar-refractivity contribution is 9.10. The molecule has 0 radical (unpaired) electrons. The van der Waals surface area contributed by atoms with Crippen molar-refractivity contribution in [3.05, 3.63) is 55.1 Å². The molecule has 0 spiro atoms. The van der Waals surface area contributed by atoms with Crippen LogP contribution in [-0.4, -0.2) is 0 Å². The Morgan fingerprint density at radius 2 is 2.18 bits per heavy atom. The molecule has 88 valence electrons. The van der Waals surface area contributed by atoms with Gasteiger partial charge in [0, 0.05) is 21.3 Å². The van der Waals surface area contributed by atoms with Gasteiger partial charge in [-0.15, -0.1) is 11.3 Å². The minimum atomic E-state index is 0.0544. The summed E-state index contributed by atoms with van der Waals surface area (Å²) in [7, 11) is 0. The highest BCUT2D eigenvalue weighted by Crippen LogP contribution is 2.45. The first-order valence-corrected chi connectivity index (χ1v) is 7.43. The molecule has 1 aliphatic rings. The largest absolute Gasteiger partial charge is 0.323 e. The van der Waals surface area contributed by atoms with Crippen LogP contribution in [0.15, 0.2) is 34.8 Å². The van der Waals surface area contributed by atoms with Crippen LogP contribution in [-0.2, 0) is 6.42 Å². The molecular formula is C13H11BrClNS. The van der Waals surface area contributed by atoms with E-state index < -0.39 is 0 Å². The van der Waals surface area contributed by atoms with E-state index in [1.165, 1.54) is 11.1 Å². The molecule has 2 N–H and O–H groups in total. The number of rotatable bonds is 2. The topological polar surface area (TPSA) is 26.0 Å². The summed E-state index contributed by atoms with van der Waals surface area (Å²) in [6.07, 6.45) is 1.07. The SMILES string of the molecule is NC(c1cc(Br)c(Cl)s1)C1Cc2ccccc21. The third kappa shape index (κ3) is 1.95. The fraction of sp³-hybridized carbons (Fsp3) is 0.231. The van der Waals surface area contributed by atoms with Gasteiger partial charge in [-0.1, -0.05) is 35.9 Å². The summed E-state index contributed by atoms with van der Waals surface area (Å²) in [5, 5.41) is 0. The standard InChI is InChI=1S/C13H11BrClNS/c14-10-6-11(17-13(10)15)12(16)9-5-7-3-1-2-4-8(7)9/h1-4,6,9,12H,5,16H2. The molecule has 1 aromatic carbocycles. The van der Waals surface area contributed by atoms with Crippen molar-refractivity contribution in [3.8, 4) is 0 Å². The molecule has 1 aromatic heterocycles. The zero-order valence-electron chi connectivity index (χ0n) is 8.99. The van der Waals surface area contributed by atoms with Gasteiger partial charge in [0.1, 0.15) is 4.34 Å². The third-order valence-electron chi connectivity index (χ3n) is 3.32. The van der Waals surface area contributed by atoms with Gasteiger partial charge < -0.3 is 5.73 Å². The van der Waals surface area contributed by atoms with E-state index in [9.17, 15) is 0 Å². The van der Waals surface area contributed by atoms with Gasteiger partial charge in [0.05, 0.1) is 0 Å². The number of benzene rings is 1. The van der Waals surface area contributed by atoms with Crippen molar-refractivity contribution in [3.63, 3.8) is 0 Å². The van der Waals surface area contributed by atoms with Crippen LogP contribution in [0.4, 0.5) is 0 Å². The molecule has 0 fully saturated rings. The Hall–Kier alpha value is -0.350. The van der Waals surface area contributed by atoms with Gasteiger partial charge in [0.25, 0.3) is 0 Å². The molecule has 1 aliphatic carbocycles. The van der Waals surface area contributed by atoms with E-state index in [1.54, 1.807) is 11.3 Å². The lowest BCUT2D eigenvalue weighted by Crippen LogP contribution is -2.28. The van der Waals surface area contributed by atoms with Gasteiger partial charge in [-0.3, -0.25) is 0 Å². The van der Waals surface area contributed by atoms with Gasteiger partial charge >= 0.3 is 0 Å². The first kappa shape index (κ1) is 11.7. The van der Waals surface area contributed by atoms with E-state index in [2.05, 4.69) is 40.2 Å². The second-order valence-corrected chi connectivity index (χ2v) is 6.85. The van der Waals surface area contributed by atoms with Gasteiger partial charge in [0.2, 0.25) is 0 Å². The molecule has 3 rings (SSSR count). The first-order chi connectivity index (χ1) is 8.16. The number of halogens is 2. The Kier molecular flexibility index (Phi) is 3.03. The Labute approximate surface area is 118 Å². The minimum Gasteiger partial charge on any atom is -0.323 e. The molecule has 0 saturated heterocycles. The maximum Gasteiger partial charge on any atom is 0.107 e. The molecule has 17 heavy (non-hydrogen) atoms. The molecule has 4 heteroatoms. The van der Waals surface area contributed by atoms with Gasteiger partial charge in [0.15, 0.2) is 0 Å². The lowest BCUT2D eigenvalue weighted by atomic mass is 9.73. The zero-order chi connectivity index (χ0) is 12.0. The predicted molar refractivity (Wildman–Crippen MR) is 76.8 cm³/mol. The molecule has 0 bridgehead atoms. The van der Waals surface area contributed by atoms with Crippen LogP contribution in [0.5, 0.6) is 0 Å². The Morgan fingerprint density at radius 1 is 1.41 bits per heavy atom. The lowest BCUT2D eigenvalue weighted by Gasteiger charge is -2.34. The molecule has 2 unspecified atom stereocenters. The lowest BCUT2D eigenvalue weighted by molar-refractivity contribution is 0.506. The fourth-order valence-corrected chi connectivity index (χ4v) is 4.15. The fourth-order valence-electron chi connectivity index (χ4n) is 2.34. The van der Waals surface area contributed by atoms with Crippen LogP contribution in [0.1, 0.15) is 28.0 Å². The number of thiophene rings is 1. The molecule has 1 nitrogen and oxygen atoms in total. The molecule has 0 amide bonds. The highest BCUT2D eigenvalue weighted by atomic mass is 79.9. The van der Waals surface area contributed by atoms with E-state index in [-0.39, 0.29) is 6.04 Å². The Morgan fingerprint density at radius 3 is 2.82 bits per heavy atom. The van der Waals surface area contributed by atoms with E-state index >= 15 is 0 Å². The average Bonchev–Trinajstić information content (AvgIpc) is 2.61. The number of hydrogen-bond donors (Lipinski definition) is 1. The quantitative estimate of drug-likeness (QED) is 0.863. The van der Waals surface area contributed by atoms with E-state index in [4.69, 9.17) is 17.3 Å². The highest BCUT2D eigenvalue weighted by Gasteiger charge is 2.32. The second-order valence-electron chi connectivity index (χ2n) is 4.31.